The smallest absolute Gasteiger partial charge is 0.243 e. The summed E-state index contributed by atoms with van der Waals surface area (Å²) in [5.41, 5.74) is 17.4. The number of aldehydes is 1. The lowest BCUT2D eigenvalue weighted by Crippen LogP contribution is -2.54. The molecule has 30 heavy (non-hydrogen) atoms. The van der Waals surface area contributed by atoms with Crippen molar-refractivity contribution in [3.8, 4) is 0 Å². The highest BCUT2D eigenvalue weighted by atomic mass is 16.2. The van der Waals surface area contributed by atoms with E-state index < -0.39 is 29.9 Å². The Hall–Kier alpha value is -2.94. The molecular weight excluding hydrogens is 384 g/mol. The first-order valence-corrected chi connectivity index (χ1v) is 10.1. The maximum Gasteiger partial charge on any atom is 0.243 e. The maximum atomic E-state index is 12.8. The zero-order valence-electron chi connectivity index (χ0n) is 17.7. The number of rotatable bonds is 13. The van der Waals surface area contributed by atoms with Crippen LogP contribution in [0, 0.1) is 5.92 Å². The van der Waals surface area contributed by atoms with Gasteiger partial charge in [0, 0.05) is 6.54 Å². The number of nitrogens with two attached hydrogens (primary N) is 3. The second kappa shape index (κ2) is 13.3. The average Bonchev–Trinajstić information content (AvgIpc) is 2.70. The van der Waals surface area contributed by atoms with Crippen LogP contribution in [-0.2, 0) is 20.8 Å². The lowest BCUT2D eigenvalue weighted by molar-refractivity contribution is -0.131. The Morgan fingerprint density at radius 1 is 1.10 bits per heavy atom. The quantitative estimate of drug-likeness (QED) is 0.129. The summed E-state index contributed by atoms with van der Waals surface area (Å²) in [6.07, 6.45) is 2.42. The predicted octanol–water partition coefficient (Wildman–Crippen LogP) is -0.175. The number of nitrogens with one attached hydrogen (secondary N) is 2. The van der Waals surface area contributed by atoms with Crippen molar-refractivity contribution in [2.75, 3.05) is 6.54 Å². The van der Waals surface area contributed by atoms with E-state index >= 15 is 0 Å². The van der Waals surface area contributed by atoms with E-state index in [1.54, 1.807) is 0 Å². The summed E-state index contributed by atoms with van der Waals surface area (Å²) >= 11 is 0. The van der Waals surface area contributed by atoms with Gasteiger partial charge >= 0.3 is 0 Å². The van der Waals surface area contributed by atoms with Gasteiger partial charge in [0.15, 0.2) is 5.96 Å². The van der Waals surface area contributed by atoms with Crippen LogP contribution in [0.4, 0.5) is 0 Å². The molecule has 1 aromatic carbocycles. The molecule has 0 unspecified atom stereocenters. The number of carbonyl (C=O) groups excluding carboxylic acids is 3. The highest BCUT2D eigenvalue weighted by molar-refractivity contribution is 5.90. The molecule has 3 atom stereocenters. The molecule has 0 saturated heterocycles. The van der Waals surface area contributed by atoms with E-state index in [4.69, 9.17) is 17.2 Å². The van der Waals surface area contributed by atoms with E-state index in [0.29, 0.717) is 38.5 Å². The van der Waals surface area contributed by atoms with Crippen molar-refractivity contribution >= 4 is 24.1 Å². The summed E-state index contributed by atoms with van der Waals surface area (Å²) < 4.78 is 0. The summed E-state index contributed by atoms with van der Waals surface area (Å²) in [6.45, 7) is 4.27. The normalized spacial score (nSPS) is 13.7. The van der Waals surface area contributed by atoms with Crippen LogP contribution in [0.5, 0.6) is 0 Å². The van der Waals surface area contributed by atoms with Crippen molar-refractivity contribution in [3.63, 3.8) is 0 Å². The SMILES string of the molecule is CC(C)C[C@H](NC(=O)[C@@H](N)CCCN=C(N)N)C(=O)N[C@H](C=O)Cc1ccccc1. The van der Waals surface area contributed by atoms with Crippen molar-refractivity contribution in [3.05, 3.63) is 35.9 Å². The zero-order chi connectivity index (χ0) is 22.5. The van der Waals surface area contributed by atoms with Crippen LogP contribution in [0.3, 0.4) is 0 Å². The van der Waals surface area contributed by atoms with Crippen molar-refractivity contribution < 1.29 is 14.4 Å². The molecule has 8 N–H and O–H groups in total. The Bertz CT molecular complexity index is 704. The number of hydrogen-bond donors (Lipinski definition) is 5. The van der Waals surface area contributed by atoms with Crippen LogP contribution in [0.1, 0.15) is 38.7 Å². The van der Waals surface area contributed by atoms with Gasteiger partial charge in [-0.1, -0.05) is 44.2 Å². The summed E-state index contributed by atoms with van der Waals surface area (Å²) in [4.78, 5) is 40.5. The van der Waals surface area contributed by atoms with E-state index in [-0.39, 0.29) is 11.9 Å². The van der Waals surface area contributed by atoms with Crippen molar-refractivity contribution in [1.82, 2.24) is 10.6 Å². The van der Waals surface area contributed by atoms with Gasteiger partial charge in [0.1, 0.15) is 12.3 Å². The second-order valence-corrected chi connectivity index (χ2v) is 7.69. The van der Waals surface area contributed by atoms with Gasteiger partial charge in [0.05, 0.1) is 12.1 Å². The highest BCUT2D eigenvalue weighted by Gasteiger charge is 2.26. The zero-order valence-corrected chi connectivity index (χ0v) is 17.7. The summed E-state index contributed by atoms with van der Waals surface area (Å²) in [5, 5.41) is 5.44. The van der Waals surface area contributed by atoms with Gasteiger partial charge in [-0.25, -0.2) is 0 Å². The van der Waals surface area contributed by atoms with Gasteiger partial charge in [-0.05, 0) is 37.2 Å². The lowest BCUT2D eigenvalue weighted by atomic mass is 10.0. The predicted molar refractivity (Wildman–Crippen MR) is 117 cm³/mol. The molecule has 0 bridgehead atoms. The first-order valence-electron chi connectivity index (χ1n) is 10.1. The molecule has 1 rings (SSSR count). The molecule has 0 radical (unpaired) electrons. The van der Waals surface area contributed by atoms with Crippen molar-refractivity contribution in [1.29, 1.82) is 0 Å². The molecular formula is C21H34N6O3. The molecule has 0 aliphatic heterocycles. The third-order valence-electron chi connectivity index (χ3n) is 4.43. The van der Waals surface area contributed by atoms with Crippen LogP contribution in [0.25, 0.3) is 0 Å². The fourth-order valence-electron chi connectivity index (χ4n) is 2.92. The number of carbonyl (C=O) groups is 3. The Kier molecular flexibility index (Phi) is 11.1. The molecule has 0 spiro atoms. The number of aliphatic imine (C=N–C) groups is 1. The highest BCUT2D eigenvalue weighted by Crippen LogP contribution is 2.08. The van der Waals surface area contributed by atoms with E-state index in [1.165, 1.54) is 0 Å². The van der Waals surface area contributed by atoms with Gasteiger partial charge in [0.25, 0.3) is 0 Å². The van der Waals surface area contributed by atoms with E-state index in [1.807, 2.05) is 44.2 Å². The number of nitrogens with zero attached hydrogens (tertiary/aromatic N) is 1. The van der Waals surface area contributed by atoms with Crippen LogP contribution in [0.2, 0.25) is 0 Å². The molecule has 0 aliphatic rings. The van der Waals surface area contributed by atoms with Crippen LogP contribution >= 0.6 is 0 Å². The van der Waals surface area contributed by atoms with Crippen molar-refractivity contribution in [2.45, 2.75) is 57.7 Å². The van der Waals surface area contributed by atoms with Gasteiger partial charge in [-0.2, -0.15) is 0 Å². The molecule has 0 aliphatic carbocycles. The maximum absolute atomic E-state index is 12.8. The van der Waals surface area contributed by atoms with Gasteiger partial charge in [-0.3, -0.25) is 14.6 Å². The minimum atomic E-state index is -0.784. The second-order valence-electron chi connectivity index (χ2n) is 7.69. The van der Waals surface area contributed by atoms with E-state index in [9.17, 15) is 14.4 Å². The minimum absolute atomic E-state index is 0.0121. The first-order chi connectivity index (χ1) is 14.2. The third-order valence-corrected chi connectivity index (χ3v) is 4.43. The largest absolute Gasteiger partial charge is 0.370 e. The number of hydrogen-bond acceptors (Lipinski definition) is 5. The topological polar surface area (TPSA) is 166 Å². The van der Waals surface area contributed by atoms with Crippen LogP contribution < -0.4 is 27.8 Å². The monoisotopic (exact) mass is 418 g/mol. The first kappa shape index (κ1) is 25.1. The third kappa shape index (κ3) is 10.0. The number of amides is 2. The fourth-order valence-corrected chi connectivity index (χ4v) is 2.92. The average molecular weight is 419 g/mol. The number of guanidine groups is 1. The minimum Gasteiger partial charge on any atom is -0.370 e. The van der Waals surface area contributed by atoms with Crippen LogP contribution in [-0.4, -0.2) is 48.7 Å². The molecule has 0 heterocycles. The van der Waals surface area contributed by atoms with E-state index in [0.717, 1.165) is 5.56 Å². The van der Waals surface area contributed by atoms with E-state index in [2.05, 4.69) is 15.6 Å². The molecule has 166 valence electrons. The number of benzene rings is 1. The fraction of sp³-hybridized carbons (Fsp3) is 0.524. The Morgan fingerprint density at radius 3 is 2.33 bits per heavy atom. The molecule has 0 saturated carbocycles. The standard InChI is InChI=1S/C21H34N6O3/c1-14(2)11-18(27-19(29)17(22)9-6-10-25-21(23)24)20(30)26-16(13-28)12-15-7-4-3-5-8-15/h3-5,7-8,13-14,16-18H,6,9-12,22H2,1-2H3,(H,26,30)(H,27,29)(H4,23,24,25)/t16-,17-,18-/m0/s1. The van der Waals surface area contributed by atoms with Crippen molar-refractivity contribution in [2.24, 2.45) is 28.1 Å². The molecule has 9 nitrogen and oxygen atoms in total. The summed E-state index contributed by atoms with van der Waals surface area (Å²) in [6, 6.07) is 7.15. The molecule has 9 heteroatoms. The summed E-state index contributed by atoms with van der Waals surface area (Å²) in [5.74, 6) is -0.686. The Labute approximate surface area is 177 Å². The molecule has 2 amide bonds. The Morgan fingerprint density at radius 2 is 1.77 bits per heavy atom. The lowest BCUT2D eigenvalue weighted by Gasteiger charge is -2.23. The van der Waals surface area contributed by atoms with Gasteiger partial charge in [0.2, 0.25) is 11.8 Å². The van der Waals surface area contributed by atoms with Crippen LogP contribution in [0.15, 0.2) is 35.3 Å². The molecule has 1 aromatic rings. The molecule has 0 aromatic heterocycles. The summed E-state index contributed by atoms with van der Waals surface area (Å²) in [7, 11) is 0. The molecule has 0 fully saturated rings. The van der Waals surface area contributed by atoms with Gasteiger partial charge in [-0.15, -0.1) is 0 Å². The van der Waals surface area contributed by atoms with Gasteiger partial charge < -0.3 is 32.6 Å². The Balaban J connectivity index is 2.67.